The molecule has 1 fully saturated rings. The van der Waals surface area contributed by atoms with Gasteiger partial charge in [0, 0.05) is 12.8 Å². The van der Waals surface area contributed by atoms with Crippen molar-refractivity contribution in [1.29, 1.82) is 0 Å². The zero-order valence-electron chi connectivity index (χ0n) is 39.4. The van der Waals surface area contributed by atoms with Crippen LogP contribution in [0.5, 0.6) is 0 Å². The van der Waals surface area contributed by atoms with Crippen LogP contribution >= 0.6 is 0 Å². The molecule has 4 N–H and O–H groups in total. The predicted octanol–water partition coefficient (Wildman–Crippen LogP) is 11.6. The number of aliphatic hydroxyl groups is 4. The molecule has 62 heavy (non-hydrogen) atoms. The van der Waals surface area contributed by atoms with E-state index in [-0.39, 0.29) is 32.0 Å². The topological polar surface area (TPSA) is 152 Å². The third kappa shape index (κ3) is 33.2. The Morgan fingerprint density at radius 3 is 1.39 bits per heavy atom. The SMILES string of the molecule is CCCC/C=C\C/C=C\CCCCCCCC(=O)OCC(COC1OC(CO)C(O)C(O)C1O)OC(=O)CCCCCCCCCCCCC/C=C\C/C=C\CCCCCCC. The summed E-state index contributed by atoms with van der Waals surface area (Å²) in [5.74, 6) is -0.823. The van der Waals surface area contributed by atoms with E-state index in [1.54, 1.807) is 0 Å². The summed E-state index contributed by atoms with van der Waals surface area (Å²) in [6.45, 7) is 3.37. The van der Waals surface area contributed by atoms with Gasteiger partial charge in [0.15, 0.2) is 12.4 Å². The van der Waals surface area contributed by atoms with Gasteiger partial charge in [-0.3, -0.25) is 9.59 Å². The first kappa shape index (κ1) is 57.7. The fourth-order valence-corrected chi connectivity index (χ4v) is 7.41. The van der Waals surface area contributed by atoms with E-state index in [0.29, 0.717) is 12.8 Å². The molecule has 360 valence electrons. The normalized spacial score (nSPS) is 20.0. The molecule has 1 saturated heterocycles. The van der Waals surface area contributed by atoms with Gasteiger partial charge in [0.05, 0.1) is 13.2 Å². The van der Waals surface area contributed by atoms with Crippen molar-refractivity contribution < 1.29 is 49.0 Å². The van der Waals surface area contributed by atoms with Gasteiger partial charge in [0.25, 0.3) is 0 Å². The molecule has 6 unspecified atom stereocenters. The van der Waals surface area contributed by atoms with Gasteiger partial charge in [-0.2, -0.15) is 0 Å². The molecular formula is C52H92O10. The summed E-state index contributed by atoms with van der Waals surface area (Å²) in [4.78, 5) is 25.4. The van der Waals surface area contributed by atoms with Crippen LogP contribution in [-0.2, 0) is 28.5 Å². The molecule has 0 aromatic carbocycles. The summed E-state index contributed by atoms with van der Waals surface area (Å²) >= 11 is 0. The number of carbonyl (C=O) groups is 2. The van der Waals surface area contributed by atoms with E-state index in [1.165, 1.54) is 103 Å². The first-order chi connectivity index (χ1) is 30.3. The molecule has 1 heterocycles. The summed E-state index contributed by atoms with van der Waals surface area (Å²) in [5.41, 5.74) is 0. The van der Waals surface area contributed by atoms with Gasteiger partial charge in [-0.15, -0.1) is 0 Å². The highest BCUT2D eigenvalue weighted by molar-refractivity contribution is 5.70. The minimum Gasteiger partial charge on any atom is -0.462 e. The highest BCUT2D eigenvalue weighted by Crippen LogP contribution is 2.23. The lowest BCUT2D eigenvalue weighted by molar-refractivity contribution is -0.305. The van der Waals surface area contributed by atoms with Crippen LogP contribution in [0.4, 0.5) is 0 Å². The zero-order valence-corrected chi connectivity index (χ0v) is 39.4. The lowest BCUT2D eigenvalue weighted by Crippen LogP contribution is -2.59. The molecule has 10 heteroatoms. The largest absolute Gasteiger partial charge is 0.462 e. The molecule has 1 aliphatic rings. The maximum absolute atomic E-state index is 12.8. The van der Waals surface area contributed by atoms with Crippen LogP contribution in [0.2, 0.25) is 0 Å². The molecule has 0 aliphatic carbocycles. The monoisotopic (exact) mass is 877 g/mol. The van der Waals surface area contributed by atoms with Gasteiger partial charge in [0.2, 0.25) is 0 Å². The second-order valence-corrected chi connectivity index (χ2v) is 17.3. The molecule has 1 aliphatic heterocycles. The van der Waals surface area contributed by atoms with Crippen molar-refractivity contribution in [1.82, 2.24) is 0 Å². The Morgan fingerprint density at radius 2 is 0.919 bits per heavy atom. The molecule has 0 spiro atoms. The minimum atomic E-state index is -1.60. The third-order valence-corrected chi connectivity index (χ3v) is 11.4. The van der Waals surface area contributed by atoms with Crippen LogP contribution in [0.25, 0.3) is 0 Å². The fourth-order valence-electron chi connectivity index (χ4n) is 7.41. The summed E-state index contributed by atoms with van der Waals surface area (Å²) in [7, 11) is 0. The Balaban J connectivity index is 2.26. The molecule has 10 nitrogen and oxygen atoms in total. The van der Waals surface area contributed by atoms with E-state index >= 15 is 0 Å². The van der Waals surface area contributed by atoms with E-state index in [4.69, 9.17) is 18.9 Å². The summed E-state index contributed by atoms with van der Waals surface area (Å²) < 4.78 is 22.2. The lowest BCUT2D eigenvalue weighted by Gasteiger charge is -2.39. The van der Waals surface area contributed by atoms with Crippen molar-refractivity contribution >= 4 is 11.9 Å². The standard InChI is InChI=1S/C52H92O10/c1-3-5-7-9-11-13-15-17-19-20-21-22-23-24-25-26-27-29-31-33-35-37-39-41-48(55)61-45(44-60-52-51(58)50(57)49(56)46(42-53)62-52)43-59-47(54)40-38-36-34-32-30-28-18-16-14-12-10-8-6-4-2/h10,12,15-18,20-21,45-46,49-53,56-58H,3-9,11,13-14,19,22-44H2,1-2H3/b12-10-,17-15-,18-16-,21-20-. The molecule has 0 aromatic rings. The predicted molar refractivity (Wildman–Crippen MR) is 252 cm³/mol. The first-order valence-corrected chi connectivity index (χ1v) is 25.2. The van der Waals surface area contributed by atoms with Gasteiger partial charge in [0.1, 0.15) is 31.0 Å². The number of allylic oxidation sites excluding steroid dienone is 8. The van der Waals surface area contributed by atoms with Gasteiger partial charge >= 0.3 is 11.9 Å². The van der Waals surface area contributed by atoms with Crippen LogP contribution in [0, 0.1) is 0 Å². The smallest absolute Gasteiger partial charge is 0.306 e. The molecule has 0 bridgehead atoms. The van der Waals surface area contributed by atoms with E-state index < -0.39 is 49.4 Å². The van der Waals surface area contributed by atoms with Crippen molar-refractivity contribution in [2.75, 3.05) is 19.8 Å². The summed E-state index contributed by atoms with van der Waals surface area (Å²) in [6.07, 6.45) is 44.0. The minimum absolute atomic E-state index is 0.224. The molecule has 0 aromatic heterocycles. The van der Waals surface area contributed by atoms with Crippen molar-refractivity contribution in [3.05, 3.63) is 48.6 Å². The third-order valence-electron chi connectivity index (χ3n) is 11.4. The molecule has 0 saturated carbocycles. The summed E-state index contributed by atoms with van der Waals surface area (Å²) in [5, 5.41) is 40.2. The van der Waals surface area contributed by atoms with Crippen LogP contribution in [0.1, 0.15) is 213 Å². The average molecular weight is 877 g/mol. The number of esters is 2. The Labute approximate surface area is 378 Å². The van der Waals surface area contributed by atoms with Crippen molar-refractivity contribution in [3.8, 4) is 0 Å². The van der Waals surface area contributed by atoms with Crippen LogP contribution in [-0.4, -0.2) is 89.0 Å². The Morgan fingerprint density at radius 1 is 0.500 bits per heavy atom. The van der Waals surface area contributed by atoms with Gasteiger partial charge < -0.3 is 39.4 Å². The number of ether oxygens (including phenoxy) is 4. The number of aliphatic hydroxyl groups excluding tert-OH is 4. The molecule has 0 amide bonds. The van der Waals surface area contributed by atoms with Crippen molar-refractivity contribution in [2.24, 2.45) is 0 Å². The second kappa shape index (κ2) is 42.6. The Bertz CT molecular complexity index is 1150. The van der Waals surface area contributed by atoms with Gasteiger partial charge in [-0.25, -0.2) is 0 Å². The Hall–Kier alpha value is -2.34. The van der Waals surface area contributed by atoms with Gasteiger partial charge in [-0.1, -0.05) is 178 Å². The van der Waals surface area contributed by atoms with Crippen molar-refractivity contribution in [2.45, 2.75) is 250 Å². The number of hydrogen-bond donors (Lipinski definition) is 4. The van der Waals surface area contributed by atoms with E-state index in [0.717, 1.165) is 70.6 Å². The second-order valence-electron chi connectivity index (χ2n) is 17.3. The molecule has 6 atom stereocenters. The average Bonchev–Trinajstić information content (AvgIpc) is 3.27. The van der Waals surface area contributed by atoms with Crippen LogP contribution in [0.3, 0.4) is 0 Å². The quantitative estimate of drug-likeness (QED) is 0.0265. The van der Waals surface area contributed by atoms with Crippen LogP contribution in [0.15, 0.2) is 48.6 Å². The highest BCUT2D eigenvalue weighted by Gasteiger charge is 2.44. The maximum atomic E-state index is 12.8. The molecular weight excluding hydrogens is 785 g/mol. The molecule has 1 rings (SSSR count). The first-order valence-electron chi connectivity index (χ1n) is 25.2. The molecule has 0 radical (unpaired) electrons. The number of unbranched alkanes of at least 4 members (excludes halogenated alkanes) is 23. The number of carbonyl (C=O) groups excluding carboxylic acids is 2. The van der Waals surface area contributed by atoms with Crippen LogP contribution < -0.4 is 0 Å². The zero-order chi connectivity index (χ0) is 45.1. The summed E-state index contributed by atoms with van der Waals surface area (Å²) in [6, 6.07) is 0. The fraction of sp³-hybridized carbons (Fsp3) is 0.808. The lowest BCUT2D eigenvalue weighted by atomic mass is 9.99. The van der Waals surface area contributed by atoms with E-state index in [2.05, 4.69) is 62.5 Å². The maximum Gasteiger partial charge on any atom is 0.306 e. The number of hydrogen-bond acceptors (Lipinski definition) is 10. The number of rotatable bonds is 42. The Kier molecular flexibility index (Phi) is 39.6. The van der Waals surface area contributed by atoms with E-state index in [9.17, 15) is 30.0 Å². The van der Waals surface area contributed by atoms with Gasteiger partial charge in [-0.05, 0) is 70.6 Å². The van der Waals surface area contributed by atoms with E-state index in [1.807, 2.05) is 0 Å². The highest BCUT2D eigenvalue weighted by atomic mass is 16.7. The van der Waals surface area contributed by atoms with Crippen molar-refractivity contribution in [3.63, 3.8) is 0 Å².